The third kappa shape index (κ3) is 3.48. The highest BCUT2D eigenvalue weighted by molar-refractivity contribution is 5.57. The number of benzene rings is 1. The summed E-state index contributed by atoms with van der Waals surface area (Å²) in [6, 6.07) is 8.09. The second-order valence-corrected chi connectivity index (χ2v) is 6.53. The summed E-state index contributed by atoms with van der Waals surface area (Å²) < 4.78 is 11.6. The Labute approximate surface area is 148 Å². The maximum atomic E-state index is 6.11. The van der Waals surface area contributed by atoms with Crippen LogP contribution in [0.4, 0.5) is 11.6 Å². The second-order valence-electron chi connectivity index (χ2n) is 6.53. The molecule has 1 saturated carbocycles. The van der Waals surface area contributed by atoms with E-state index in [0.29, 0.717) is 6.10 Å². The van der Waals surface area contributed by atoms with Crippen molar-refractivity contribution < 1.29 is 9.47 Å². The molecule has 1 aliphatic carbocycles. The minimum absolute atomic E-state index is 0.344. The van der Waals surface area contributed by atoms with E-state index >= 15 is 0 Å². The summed E-state index contributed by atoms with van der Waals surface area (Å²) in [7, 11) is 1.70. The normalized spacial score (nSPS) is 18.0. The van der Waals surface area contributed by atoms with Crippen LogP contribution >= 0.6 is 0 Å². The first-order chi connectivity index (χ1) is 12.3. The van der Waals surface area contributed by atoms with E-state index < -0.39 is 0 Å². The van der Waals surface area contributed by atoms with Gasteiger partial charge in [-0.15, -0.1) is 0 Å². The molecule has 1 saturated heterocycles. The SMILES string of the molecule is COc1ccc(N2CCN(c3ncccn3)CC2)cc1OC1CCC1. The number of hydrogen-bond acceptors (Lipinski definition) is 6. The molecule has 0 bridgehead atoms. The van der Waals surface area contributed by atoms with Gasteiger partial charge in [-0.2, -0.15) is 0 Å². The van der Waals surface area contributed by atoms with E-state index in [0.717, 1.165) is 56.5 Å². The zero-order chi connectivity index (χ0) is 17.1. The fraction of sp³-hybridized carbons (Fsp3) is 0.474. The van der Waals surface area contributed by atoms with Crippen LogP contribution in [0, 0.1) is 0 Å². The van der Waals surface area contributed by atoms with Gasteiger partial charge in [-0.25, -0.2) is 9.97 Å². The molecule has 0 N–H and O–H groups in total. The predicted molar refractivity (Wildman–Crippen MR) is 97.7 cm³/mol. The smallest absolute Gasteiger partial charge is 0.225 e. The first-order valence-electron chi connectivity index (χ1n) is 8.95. The highest BCUT2D eigenvalue weighted by atomic mass is 16.5. The first kappa shape index (κ1) is 16.0. The standard InChI is InChI=1S/C19H24N4O2/c1-24-17-7-6-15(14-18(17)25-16-4-2-5-16)22-10-12-23(13-11-22)19-20-8-3-9-21-19/h3,6-9,14,16H,2,4-5,10-13H2,1H3. The van der Waals surface area contributed by atoms with Gasteiger partial charge < -0.3 is 19.3 Å². The van der Waals surface area contributed by atoms with Crippen molar-refractivity contribution in [1.82, 2.24) is 9.97 Å². The average Bonchev–Trinajstić information content (AvgIpc) is 2.65. The number of piperazine rings is 1. The minimum Gasteiger partial charge on any atom is -0.493 e. The van der Waals surface area contributed by atoms with Gasteiger partial charge in [0.15, 0.2) is 11.5 Å². The van der Waals surface area contributed by atoms with Crippen molar-refractivity contribution in [2.24, 2.45) is 0 Å². The Morgan fingerprint density at radius 1 is 0.960 bits per heavy atom. The molecule has 2 aliphatic rings. The Balaban J connectivity index is 1.44. The van der Waals surface area contributed by atoms with Gasteiger partial charge >= 0.3 is 0 Å². The predicted octanol–water partition coefficient (Wildman–Crippen LogP) is 2.74. The lowest BCUT2D eigenvalue weighted by Crippen LogP contribution is -2.47. The quantitative estimate of drug-likeness (QED) is 0.834. The van der Waals surface area contributed by atoms with Gasteiger partial charge in [0.1, 0.15) is 0 Å². The molecule has 1 aromatic heterocycles. The molecule has 4 rings (SSSR count). The molecular weight excluding hydrogens is 316 g/mol. The van der Waals surface area contributed by atoms with Crippen molar-refractivity contribution in [2.45, 2.75) is 25.4 Å². The van der Waals surface area contributed by atoms with Crippen molar-refractivity contribution in [3.8, 4) is 11.5 Å². The fourth-order valence-electron chi connectivity index (χ4n) is 3.24. The van der Waals surface area contributed by atoms with Crippen molar-refractivity contribution in [3.05, 3.63) is 36.7 Å². The van der Waals surface area contributed by atoms with Crippen LogP contribution in [0.2, 0.25) is 0 Å². The molecule has 0 unspecified atom stereocenters. The molecule has 1 aromatic carbocycles. The van der Waals surface area contributed by atoms with Crippen LogP contribution in [-0.4, -0.2) is 49.4 Å². The van der Waals surface area contributed by atoms with Gasteiger partial charge in [-0.1, -0.05) is 0 Å². The van der Waals surface area contributed by atoms with Crippen LogP contribution in [0.5, 0.6) is 11.5 Å². The molecule has 0 atom stereocenters. The van der Waals surface area contributed by atoms with Gasteiger partial charge in [0.25, 0.3) is 0 Å². The highest BCUT2D eigenvalue weighted by Crippen LogP contribution is 2.35. The van der Waals surface area contributed by atoms with Crippen molar-refractivity contribution in [2.75, 3.05) is 43.1 Å². The van der Waals surface area contributed by atoms with Crippen molar-refractivity contribution >= 4 is 11.6 Å². The Bertz CT molecular complexity index is 698. The topological polar surface area (TPSA) is 50.7 Å². The maximum Gasteiger partial charge on any atom is 0.225 e. The number of nitrogens with zero attached hydrogens (tertiary/aromatic N) is 4. The van der Waals surface area contributed by atoms with E-state index in [9.17, 15) is 0 Å². The summed E-state index contributed by atoms with van der Waals surface area (Å²) in [4.78, 5) is 13.3. The van der Waals surface area contributed by atoms with E-state index in [4.69, 9.17) is 9.47 Å². The number of aromatic nitrogens is 2. The summed E-state index contributed by atoms with van der Waals surface area (Å²) in [5, 5.41) is 0. The van der Waals surface area contributed by atoms with Crippen LogP contribution in [0.1, 0.15) is 19.3 Å². The van der Waals surface area contributed by atoms with Crippen molar-refractivity contribution in [3.63, 3.8) is 0 Å². The van der Waals surface area contributed by atoms with Crippen molar-refractivity contribution in [1.29, 1.82) is 0 Å². The van der Waals surface area contributed by atoms with Gasteiger partial charge in [0.2, 0.25) is 5.95 Å². The number of hydrogen-bond donors (Lipinski definition) is 0. The minimum atomic E-state index is 0.344. The molecule has 25 heavy (non-hydrogen) atoms. The Hall–Kier alpha value is -2.50. The average molecular weight is 340 g/mol. The third-order valence-corrected chi connectivity index (χ3v) is 4.97. The fourth-order valence-corrected chi connectivity index (χ4v) is 3.24. The van der Waals surface area contributed by atoms with E-state index in [1.54, 1.807) is 19.5 Å². The summed E-state index contributed by atoms with van der Waals surface area (Å²) in [6.07, 6.45) is 7.48. The molecule has 1 aliphatic heterocycles. The Morgan fingerprint density at radius 2 is 1.68 bits per heavy atom. The van der Waals surface area contributed by atoms with Gasteiger partial charge in [-0.05, 0) is 37.5 Å². The van der Waals surface area contributed by atoms with Gasteiger partial charge in [0, 0.05) is 50.3 Å². The Morgan fingerprint density at radius 3 is 2.32 bits per heavy atom. The lowest BCUT2D eigenvalue weighted by molar-refractivity contribution is 0.116. The third-order valence-electron chi connectivity index (χ3n) is 4.97. The molecule has 2 aromatic rings. The molecule has 132 valence electrons. The van der Waals surface area contributed by atoms with Crippen LogP contribution in [0.3, 0.4) is 0 Å². The van der Waals surface area contributed by atoms with Crippen LogP contribution < -0.4 is 19.3 Å². The van der Waals surface area contributed by atoms with Gasteiger partial charge in [-0.3, -0.25) is 0 Å². The monoisotopic (exact) mass is 340 g/mol. The van der Waals surface area contributed by atoms with E-state index in [2.05, 4.69) is 31.9 Å². The molecule has 6 heteroatoms. The lowest BCUT2D eigenvalue weighted by atomic mass is 9.96. The molecular formula is C19H24N4O2. The zero-order valence-electron chi connectivity index (χ0n) is 14.6. The summed E-state index contributed by atoms with van der Waals surface area (Å²) >= 11 is 0. The molecule has 2 fully saturated rings. The molecule has 6 nitrogen and oxygen atoms in total. The summed E-state index contributed by atoms with van der Waals surface area (Å²) in [5.41, 5.74) is 1.18. The number of anilines is 2. The number of methoxy groups -OCH3 is 1. The highest BCUT2D eigenvalue weighted by Gasteiger charge is 2.23. The first-order valence-corrected chi connectivity index (χ1v) is 8.95. The van der Waals surface area contributed by atoms with Gasteiger partial charge in [0.05, 0.1) is 13.2 Å². The molecule has 0 amide bonds. The van der Waals surface area contributed by atoms with E-state index in [1.165, 1.54) is 12.1 Å². The number of rotatable bonds is 5. The van der Waals surface area contributed by atoms with Crippen LogP contribution in [0.25, 0.3) is 0 Å². The number of ether oxygens (including phenoxy) is 2. The van der Waals surface area contributed by atoms with Crippen LogP contribution in [-0.2, 0) is 0 Å². The largest absolute Gasteiger partial charge is 0.493 e. The van der Waals surface area contributed by atoms with Crippen LogP contribution in [0.15, 0.2) is 36.7 Å². The maximum absolute atomic E-state index is 6.11. The second kappa shape index (κ2) is 7.17. The molecule has 2 heterocycles. The van der Waals surface area contributed by atoms with E-state index in [1.807, 2.05) is 12.1 Å². The zero-order valence-corrected chi connectivity index (χ0v) is 14.6. The Kier molecular flexibility index (Phi) is 4.59. The summed E-state index contributed by atoms with van der Waals surface area (Å²) in [6.45, 7) is 3.70. The molecule has 0 radical (unpaired) electrons. The van der Waals surface area contributed by atoms with E-state index in [-0.39, 0.29) is 0 Å². The molecule has 0 spiro atoms. The summed E-state index contributed by atoms with van der Waals surface area (Å²) in [5.74, 6) is 2.48. The lowest BCUT2D eigenvalue weighted by Gasteiger charge is -2.36.